The fraction of sp³-hybridized carbons (Fsp3) is 0.583. The number of hydrogen-bond donors (Lipinski definition) is 1. The van der Waals surface area contributed by atoms with Gasteiger partial charge in [0.2, 0.25) is 0 Å². The fourth-order valence-corrected chi connectivity index (χ4v) is 1.72. The molecule has 1 N–H and O–H groups in total. The third kappa shape index (κ3) is 4.09. The molecule has 1 heterocycles. The summed E-state index contributed by atoms with van der Waals surface area (Å²) < 4.78 is 22.2. The molecule has 0 aliphatic carbocycles. The van der Waals surface area contributed by atoms with E-state index in [4.69, 9.17) is 0 Å². The molecular weight excluding hydrogens is 236 g/mol. The highest BCUT2D eigenvalue weighted by Crippen LogP contribution is 2.13. The van der Waals surface area contributed by atoms with Crippen molar-refractivity contribution in [3.63, 3.8) is 0 Å². The van der Waals surface area contributed by atoms with E-state index in [9.17, 15) is 8.42 Å². The van der Waals surface area contributed by atoms with Crippen LogP contribution in [0.5, 0.6) is 0 Å². The van der Waals surface area contributed by atoms with Gasteiger partial charge in [0.15, 0.2) is 9.84 Å². The van der Waals surface area contributed by atoms with E-state index in [-0.39, 0.29) is 0 Å². The van der Waals surface area contributed by atoms with Crippen molar-refractivity contribution in [2.24, 2.45) is 0 Å². The second kappa shape index (κ2) is 5.14. The molecule has 0 fully saturated rings. The maximum atomic E-state index is 11.5. The van der Waals surface area contributed by atoms with Crippen molar-refractivity contribution in [1.29, 1.82) is 0 Å². The second-order valence-corrected chi connectivity index (χ2v) is 7.66. The molecule has 4 nitrogen and oxygen atoms in total. The summed E-state index contributed by atoms with van der Waals surface area (Å²) in [7, 11) is -3.04. The lowest BCUT2D eigenvalue weighted by molar-refractivity contribution is 0.521. The van der Waals surface area contributed by atoms with Crippen molar-refractivity contribution < 1.29 is 8.42 Å². The Balaban J connectivity index is 2.54. The lowest BCUT2D eigenvalue weighted by Gasteiger charge is -2.22. The lowest BCUT2D eigenvalue weighted by Crippen LogP contribution is -2.41. The van der Waals surface area contributed by atoms with Crippen LogP contribution in [0.3, 0.4) is 0 Å². The van der Waals surface area contributed by atoms with Crippen LogP contribution >= 0.6 is 0 Å². The van der Waals surface area contributed by atoms with Gasteiger partial charge in [0, 0.05) is 31.7 Å². The van der Waals surface area contributed by atoms with Gasteiger partial charge < -0.3 is 5.32 Å². The molecule has 0 bridgehead atoms. The number of pyridine rings is 1. The molecule has 96 valence electrons. The maximum Gasteiger partial charge on any atom is 0.153 e. The van der Waals surface area contributed by atoms with Crippen molar-refractivity contribution in [2.75, 3.05) is 12.8 Å². The molecule has 1 aromatic heterocycles. The molecule has 0 aliphatic rings. The van der Waals surface area contributed by atoms with Crippen LogP contribution in [0.15, 0.2) is 18.5 Å². The Morgan fingerprint density at radius 3 is 2.53 bits per heavy atom. The second-order valence-electron chi connectivity index (χ2n) is 5.01. The normalized spacial score (nSPS) is 12.7. The molecule has 1 rings (SSSR count). The van der Waals surface area contributed by atoms with Gasteiger partial charge >= 0.3 is 0 Å². The highest BCUT2D eigenvalue weighted by atomic mass is 32.2. The minimum absolute atomic E-state index is 0.430. The number of nitrogens with one attached hydrogen (secondary N) is 1. The van der Waals surface area contributed by atoms with E-state index in [0.717, 1.165) is 11.1 Å². The molecule has 17 heavy (non-hydrogen) atoms. The molecule has 0 spiro atoms. The first-order chi connectivity index (χ1) is 7.72. The van der Waals surface area contributed by atoms with Gasteiger partial charge in [-0.15, -0.1) is 0 Å². The van der Waals surface area contributed by atoms with Gasteiger partial charge in [-0.1, -0.05) is 6.07 Å². The Bertz CT molecular complexity index is 481. The molecule has 0 amide bonds. The predicted molar refractivity (Wildman–Crippen MR) is 69.6 cm³/mol. The molecule has 0 aliphatic heterocycles. The number of hydrogen-bond acceptors (Lipinski definition) is 4. The number of rotatable bonds is 5. The quantitative estimate of drug-likeness (QED) is 0.863. The molecule has 0 radical (unpaired) electrons. The number of nitrogens with zero attached hydrogens (tertiary/aromatic N) is 1. The maximum absolute atomic E-state index is 11.5. The average molecular weight is 256 g/mol. The molecular formula is C12H20N2O2S. The summed E-state index contributed by atoms with van der Waals surface area (Å²) in [5, 5.41) is 3.16. The highest BCUT2D eigenvalue weighted by Gasteiger charge is 2.29. The van der Waals surface area contributed by atoms with Crippen LogP contribution in [0.25, 0.3) is 0 Å². The van der Waals surface area contributed by atoms with Crippen LogP contribution in [0.1, 0.15) is 25.0 Å². The summed E-state index contributed by atoms with van der Waals surface area (Å²) in [5.41, 5.74) is 2.17. The Labute approximate surface area is 103 Å². The summed E-state index contributed by atoms with van der Waals surface area (Å²) in [5.74, 6) is 0. The Morgan fingerprint density at radius 1 is 1.35 bits per heavy atom. The van der Waals surface area contributed by atoms with Gasteiger partial charge in [-0.2, -0.15) is 0 Å². The molecule has 1 aromatic rings. The Morgan fingerprint density at radius 2 is 2.00 bits per heavy atom. The van der Waals surface area contributed by atoms with E-state index >= 15 is 0 Å². The Hall–Kier alpha value is -0.940. The lowest BCUT2D eigenvalue weighted by atomic mass is 10.2. The first-order valence-electron chi connectivity index (χ1n) is 5.53. The van der Waals surface area contributed by atoms with Gasteiger partial charge in [-0.25, -0.2) is 8.42 Å². The third-order valence-corrected chi connectivity index (χ3v) is 4.97. The first kappa shape index (κ1) is 14.1. The molecule has 0 unspecified atom stereocenters. The molecule has 0 atom stereocenters. The van der Waals surface area contributed by atoms with Crippen LogP contribution in [0.4, 0.5) is 0 Å². The van der Waals surface area contributed by atoms with Crippen molar-refractivity contribution in [3.8, 4) is 0 Å². The molecule has 5 heteroatoms. The highest BCUT2D eigenvalue weighted by molar-refractivity contribution is 7.92. The molecule has 0 aromatic carbocycles. The van der Waals surface area contributed by atoms with E-state index in [1.54, 1.807) is 26.2 Å². The summed E-state index contributed by atoms with van der Waals surface area (Å²) in [6.45, 7) is 6.50. The van der Waals surface area contributed by atoms with Gasteiger partial charge in [0.05, 0.1) is 4.75 Å². The molecule has 0 saturated heterocycles. The fourth-order valence-electron chi connectivity index (χ4n) is 1.35. The van der Waals surface area contributed by atoms with Crippen LogP contribution in [0.2, 0.25) is 0 Å². The third-order valence-electron chi connectivity index (χ3n) is 2.82. The van der Waals surface area contributed by atoms with Crippen LogP contribution in [-0.2, 0) is 16.4 Å². The number of sulfone groups is 1. The van der Waals surface area contributed by atoms with Crippen LogP contribution < -0.4 is 5.32 Å². The Kier molecular flexibility index (Phi) is 4.27. The van der Waals surface area contributed by atoms with Gasteiger partial charge in [-0.3, -0.25) is 4.98 Å². The number of aromatic nitrogens is 1. The van der Waals surface area contributed by atoms with Crippen LogP contribution in [-0.4, -0.2) is 30.9 Å². The van der Waals surface area contributed by atoms with Crippen molar-refractivity contribution in [1.82, 2.24) is 10.3 Å². The van der Waals surface area contributed by atoms with Crippen molar-refractivity contribution in [3.05, 3.63) is 29.6 Å². The molecule has 0 saturated carbocycles. The van der Waals surface area contributed by atoms with Crippen LogP contribution in [0, 0.1) is 6.92 Å². The van der Waals surface area contributed by atoms with Gasteiger partial charge in [0.25, 0.3) is 0 Å². The average Bonchev–Trinajstić information content (AvgIpc) is 2.15. The van der Waals surface area contributed by atoms with Gasteiger partial charge in [0.1, 0.15) is 0 Å². The SMILES string of the molecule is Cc1cncc(CNCC(C)(C)S(C)(=O)=O)c1. The first-order valence-corrected chi connectivity index (χ1v) is 7.42. The van der Waals surface area contributed by atoms with E-state index in [1.165, 1.54) is 6.26 Å². The minimum Gasteiger partial charge on any atom is -0.311 e. The topological polar surface area (TPSA) is 59.1 Å². The predicted octanol–water partition coefficient (Wildman–Crippen LogP) is 1.30. The van der Waals surface area contributed by atoms with E-state index in [0.29, 0.717) is 13.1 Å². The summed E-state index contributed by atoms with van der Waals surface area (Å²) in [6, 6.07) is 2.04. The summed E-state index contributed by atoms with van der Waals surface area (Å²) in [4.78, 5) is 4.09. The zero-order valence-corrected chi connectivity index (χ0v) is 11.6. The van der Waals surface area contributed by atoms with E-state index in [2.05, 4.69) is 10.3 Å². The summed E-state index contributed by atoms with van der Waals surface area (Å²) >= 11 is 0. The summed E-state index contributed by atoms with van der Waals surface area (Å²) in [6.07, 6.45) is 4.85. The zero-order valence-electron chi connectivity index (χ0n) is 10.8. The van der Waals surface area contributed by atoms with Crippen molar-refractivity contribution >= 4 is 9.84 Å². The van der Waals surface area contributed by atoms with Gasteiger partial charge in [-0.05, 0) is 31.9 Å². The minimum atomic E-state index is -3.04. The number of aryl methyl sites for hydroxylation is 1. The van der Waals surface area contributed by atoms with E-state index < -0.39 is 14.6 Å². The standard InChI is InChI=1S/C12H20N2O2S/c1-10-5-11(7-13-6-10)8-14-9-12(2,3)17(4,15)16/h5-7,14H,8-9H2,1-4H3. The largest absolute Gasteiger partial charge is 0.311 e. The zero-order chi connectivity index (χ0) is 13.1. The van der Waals surface area contributed by atoms with Crippen molar-refractivity contribution in [2.45, 2.75) is 32.1 Å². The smallest absolute Gasteiger partial charge is 0.153 e. The monoisotopic (exact) mass is 256 g/mol. The van der Waals surface area contributed by atoms with E-state index in [1.807, 2.05) is 13.0 Å².